The first-order valence-corrected chi connectivity index (χ1v) is 6.75. The second kappa shape index (κ2) is 8.53. The van der Waals surface area contributed by atoms with Crippen LogP contribution in [0.3, 0.4) is 0 Å². The number of benzene rings is 1. The van der Waals surface area contributed by atoms with Gasteiger partial charge in [-0.2, -0.15) is 0 Å². The van der Waals surface area contributed by atoms with Crippen molar-refractivity contribution in [1.82, 2.24) is 10.6 Å². The highest BCUT2D eigenvalue weighted by atomic mass is 16.5. The number of aryl methyl sites for hydroxylation is 1. The van der Waals surface area contributed by atoms with E-state index in [1.807, 2.05) is 24.3 Å². The second-order valence-electron chi connectivity index (χ2n) is 4.81. The molecule has 1 aromatic rings. The number of methoxy groups -OCH3 is 1. The molecule has 106 valence electrons. The monoisotopic (exact) mass is 264 g/mol. The summed E-state index contributed by atoms with van der Waals surface area (Å²) in [6, 6.07) is 8.27. The van der Waals surface area contributed by atoms with Gasteiger partial charge < -0.3 is 15.4 Å². The van der Waals surface area contributed by atoms with Gasteiger partial charge in [0.2, 0.25) is 5.91 Å². The fourth-order valence-corrected chi connectivity index (χ4v) is 1.70. The summed E-state index contributed by atoms with van der Waals surface area (Å²) in [6.45, 7) is 5.67. The van der Waals surface area contributed by atoms with Crippen LogP contribution in [-0.2, 0) is 11.2 Å². The Morgan fingerprint density at radius 1 is 1.21 bits per heavy atom. The Labute approximate surface area is 115 Å². The number of hydrogen-bond donors (Lipinski definition) is 2. The van der Waals surface area contributed by atoms with E-state index in [-0.39, 0.29) is 5.91 Å². The molecule has 0 unspecified atom stereocenters. The molecule has 0 bridgehead atoms. The minimum atomic E-state index is 0.0985. The van der Waals surface area contributed by atoms with Gasteiger partial charge in [0.25, 0.3) is 0 Å². The Morgan fingerprint density at radius 2 is 1.89 bits per heavy atom. The highest BCUT2D eigenvalue weighted by molar-refractivity contribution is 5.76. The molecule has 19 heavy (non-hydrogen) atoms. The van der Waals surface area contributed by atoms with Crippen molar-refractivity contribution in [3.63, 3.8) is 0 Å². The van der Waals surface area contributed by atoms with Gasteiger partial charge in [0.1, 0.15) is 5.75 Å². The maximum atomic E-state index is 11.6. The molecular weight excluding hydrogens is 240 g/mol. The summed E-state index contributed by atoms with van der Waals surface area (Å²) in [4.78, 5) is 11.6. The van der Waals surface area contributed by atoms with E-state index in [1.54, 1.807) is 7.11 Å². The molecule has 0 aromatic heterocycles. The number of carbonyl (C=O) groups excluding carboxylic acids is 1. The first-order valence-electron chi connectivity index (χ1n) is 6.75. The van der Waals surface area contributed by atoms with Crippen LogP contribution in [0.4, 0.5) is 0 Å². The van der Waals surface area contributed by atoms with Crippen LogP contribution in [0.15, 0.2) is 24.3 Å². The molecule has 0 aliphatic rings. The van der Waals surface area contributed by atoms with E-state index >= 15 is 0 Å². The summed E-state index contributed by atoms with van der Waals surface area (Å²) in [5.41, 5.74) is 1.15. The molecule has 0 saturated carbocycles. The number of nitrogens with one attached hydrogen (secondary N) is 2. The van der Waals surface area contributed by atoms with Crippen molar-refractivity contribution in [3.05, 3.63) is 29.8 Å². The van der Waals surface area contributed by atoms with Crippen molar-refractivity contribution < 1.29 is 9.53 Å². The van der Waals surface area contributed by atoms with Crippen molar-refractivity contribution in [2.45, 2.75) is 32.7 Å². The fourth-order valence-electron chi connectivity index (χ4n) is 1.70. The van der Waals surface area contributed by atoms with Gasteiger partial charge in [-0.25, -0.2) is 0 Å². The molecule has 0 spiro atoms. The third-order valence-electron chi connectivity index (χ3n) is 2.80. The van der Waals surface area contributed by atoms with Gasteiger partial charge in [-0.05, 0) is 24.1 Å². The molecule has 0 saturated heterocycles. The predicted molar refractivity (Wildman–Crippen MR) is 77.5 cm³/mol. The summed E-state index contributed by atoms with van der Waals surface area (Å²) >= 11 is 0. The maximum Gasteiger partial charge on any atom is 0.220 e. The molecule has 4 nitrogen and oxygen atoms in total. The van der Waals surface area contributed by atoms with Gasteiger partial charge in [-0.15, -0.1) is 0 Å². The molecule has 4 heteroatoms. The number of rotatable bonds is 8. The predicted octanol–water partition coefficient (Wildman–Crippen LogP) is 1.74. The van der Waals surface area contributed by atoms with Crippen LogP contribution in [0.1, 0.15) is 25.8 Å². The van der Waals surface area contributed by atoms with E-state index in [1.165, 1.54) is 0 Å². The molecule has 0 fully saturated rings. The van der Waals surface area contributed by atoms with E-state index in [0.29, 0.717) is 19.0 Å². The van der Waals surface area contributed by atoms with Crippen LogP contribution in [0, 0.1) is 0 Å². The Morgan fingerprint density at radius 3 is 2.47 bits per heavy atom. The lowest BCUT2D eigenvalue weighted by Crippen LogP contribution is -2.34. The first-order chi connectivity index (χ1) is 9.11. The molecule has 0 aliphatic heterocycles. The average molecular weight is 264 g/mol. The van der Waals surface area contributed by atoms with Crippen molar-refractivity contribution in [2.75, 3.05) is 20.2 Å². The average Bonchev–Trinajstić information content (AvgIpc) is 2.41. The van der Waals surface area contributed by atoms with Gasteiger partial charge in [0.15, 0.2) is 0 Å². The van der Waals surface area contributed by atoms with Gasteiger partial charge >= 0.3 is 0 Å². The first kappa shape index (κ1) is 15.5. The van der Waals surface area contributed by atoms with Gasteiger partial charge in [-0.1, -0.05) is 26.0 Å². The summed E-state index contributed by atoms with van der Waals surface area (Å²) in [5, 5.41) is 6.16. The molecule has 0 aliphatic carbocycles. The fraction of sp³-hybridized carbons (Fsp3) is 0.533. The summed E-state index contributed by atoms with van der Waals surface area (Å²) in [5.74, 6) is 0.939. The lowest BCUT2D eigenvalue weighted by Gasteiger charge is -2.09. The molecule has 1 rings (SSSR count). The van der Waals surface area contributed by atoms with Crippen LogP contribution in [0.25, 0.3) is 0 Å². The molecule has 0 atom stereocenters. The molecule has 2 N–H and O–H groups in total. The lowest BCUT2D eigenvalue weighted by atomic mass is 10.1. The van der Waals surface area contributed by atoms with Crippen LogP contribution < -0.4 is 15.4 Å². The topological polar surface area (TPSA) is 50.4 Å². The van der Waals surface area contributed by atoms with E-state index in [2.05, 4.69) is 24.5 Å². The summed E-state index contributed by atoms with van der Waals surface area (Å²) in [7, 11) is 1.65. The van der Waals surface area contributed by atoms with Gasteiger partial charge in [0, 0.05) is 25.6 Å². The molecule has 0 heterocycles. The third kappa shape index (κ3) is 6.82. The summed E-state index contributed by atoms with van der Waals surface area (Å²) in [6.07, 6.45) is 1.28. The van der Waals surface area contributed by atoms with E-state index in [0.717, 1.165) is 24.3 Å². The zero-order chi connectivity index (χ0) is 14.1. The normalized spacial score (nSPS) is 10.5. The molecule has 1 amide bonds. The molecule has 1 aromatic carbocycles. The van der Waals surface area contributed by atoms with Crippen LogP contribution in [-0.4, -0.2) is 32.1 Å². The second-order valence-corrected chi connectivity index (χ2v) is 4.81. The van der Waals surface area contributed by atoms with E-state index in [4.69, 9.17) is 4.74 Å². The van der Waals surface area contributed by atoms with Crippen molar-refractivity contribution >= 4 is 5.91 Å². The van der Waals surface area contributed by atoms with Gasteiger partial charge in [-0.3, -0.25) is 4.79 Å². The quantitative estimate of drug-likeness (QED) is 0.703. The van der Waals surface area contributed by atoms with E-state index in [9.17, 15) is 4.79 Å². The SMILES string of the molecule is COc1ccc(CCC(=O)NCCNC(C)C)cc1. The van der Waals surface area contributed by atoms with E-state index < -0.39 is 0 Å². The smallest absolute Gasteiger partial charge is 0.220 e. The van der Waals surface area contributed by atoms with Crippen molar-refractivity contribution in [2.24, 2.45) is 0 Å². The minimum Gasteiger partial charge on any atom is -0.497 e. The van der Waals surface area contributed by atoms with Crippen molar-refractivity contribution in [3.8, 4) is 5.75 Å². The Kier molecular flexibility index (Phi) is 6.97. The van der Waals surface area contributed by atoms with Crippen LogP contribution in [0.2, 0.25) is 0 Å². The third-order valence-corrected chi connectivity index (χ3v) is 2.80. The maximum absolute atomic E-state index is 11.6. The summed E-state index contributed by atoms with van der Waals surface area (Å²) < 4.78 is 5.09. The van der Waals surface area contributed by atoms with Crippen LogP contribution in [0.5, 0.6) is 5.75 Å². The minimum absolute atomic E-state index is 0.0985. The highest BCUT2D eigenvalue weighted by Gasteiger charge is 2.02. The molecule has 0 radical (unpaired) electrons. The van der Waals surface area contributed by atoms with Gasteiger partial charge in [0.05, 0.1) is 7.11 Å². The number of ether oxygens (including phenoxy) is 1. The number of hydrogen-bond acceptors (Lipinski definition) is 3. The largest absolute Gasteiger partial charge is 0.497 e. The Bertz CT molecular complexity index is 374. The highest BCUT2D eigenvalue weighted by Crippen LogP contribution is 2.12. The van der Waals surface area contributed by atoms with Crippen LogP contribution >= 0.6 is 0 Å². The zero-order valence-corrected chi connectivity index (χ0v) is 12.0. The lowest BCUT2D eigenvalue weighted by molar-refractivity contribution is -0.121. The number of carbonyl (C=O) groups is 1. The Balaban J connectivity index is 2.18. The molecular formula is C15H24N2O2. The Hall–Kier alpha value is -1.55. The standard InChI is InChI=1S/C15H24N2O2/c1-12(2)16-10-11-17-15(18)9-6-13-4-7-14(19-3)8-5-13/h4-5,7-8,12,16H,6,9-11H2,1-3H3,(H,17,18). The number of amides is 1. The van der Waals surface area contributed by atoms with Crippen molar-refractivity contribution in [1.29, 1.82) is 0 Å². The zero-order valence-electron chi connectivity index (χ0n) is 12.0.